The third-order valence-electron chi connectivity index (χ3n) is 2.76. The second-order valence-electron chi connectivity index (χ2n) is 4.28. The van der Waals surface area contributed by atoms with Crippen molar-refractivity contribution in [3.05, 3.63) is 50.6 Å². The number of nitrogens with zero attached hydrogens (tertiary/aromatic N) is 4. The number of hydrogen-bond donors (Lipinski definition) is 1. The molecule has 1 heterocycles. The number of carbonyl (C=O) groups is 1. The predicted octanol–water partition coefficient (Wildman–Crippen LogP) is 2.45. The van der Waals surface area contributed by atoms with Crippen LogP contribution in [0.15, 0.2) is 34.9 Å². The van der Waals surface area contributed by atoms with E-state index in [4.69, 9.17) is 5.26 Å². The minimum Gasteiger partial charge on any atom is -0.358 e. The van der Waals surface area contributed by atoms with E-state index in [1.54, 1.807) is 24.3 Å². The van der Waals surface area contributed by atoms with Crippen molar-refractivity contribution < 1.29 is 9.72 Å². The molecule has 8 nitrogen and oxygen atoms in total. The summed E-state index contributed by atoms with van der Waals surface area (Å²) in [5, 5.41) is 26.0. The lowest BCUT2D eigenvalue weighted by atomic mass is 10.2. The fourth-order valence-electron chi connectivity index (χ4n) is 1.74. The normalized spacial score (nSPS) is 10.0. The van der Waals surface area contributed by atoms with E-state index in [1.807, 2.05) is 6.07 Å². The highest BCUT2D eigenvalue weighted by atomic mass is 79.9. The Bertz CT molecular complexity index is 765. The van der Waals surface area contributed by atoms with Gasteiger partial charge >= 0.3 is 5.82 Å². The number of para-hydroxylation sites is 1. The van der Waals surface area contributed by atoms with Crippen LogP contribution in [0, 0.1) is 21.4 Å². The largest absolute Gasteiger partial charge is 0.404 e. The van der Waals surface area contributed by atoms with Crippen molar-refractivity contribution in [3.63, 3.8) is 0 Å². The van der Waals surface area contributed by atoms with E-state index >= 15 is 0 Å². The summed E-state index contributed by atoms with van der Waals surface area (Å²) in [5.41, 5.74) is 0.802. The summed E-state index contributed by atoms with van der Waals surface area (Å²) in [5.74, 6) is -0.604. The van der Waals surface area contributed by atoms with Crippen molar-refractivity contribution in [2.45, 2.75) is 13.0 Å². The van der Waals surface area contributed by atoms with Gasteiger partial charge in [-0.25, -0.2) is 0 Å². The summed E-state index contributed by atoms with van der Waals surface area (Å²) < 4.78 is 1.57. The maximum atomic E-state index is 11.9. The van der Waals surface area contributed by atoms with E-state index in [0.29, 0.717) is 11.3 Å². The molecule has 0 bridgehead atoms. The number of nitriles is 1. The maximum absolute atomic E-state index is 11.9. The first-order chi connectivity index (χ1) is 10.5. The van der Waals surface area contributed by atoms with Crippen LogP contribution in [-0.2, 0) is 11.3 Å². The molecule has 0 saturated heterocycles. The van der Waals surface area contributed by atoms with Gasteiger partial charge in [-0.15, -0.1) is 0 Å². The molecular weight excluding hydrogens is 354 g/mol. The van der Waals surface area contributed by atoms with Crippen molar-refractivity contribution in [3.8, 4) is 6.07 Å². The molecule has 0 radical (unpaired) electrons. The van der Waals surface area contributed by atoms with Crippen molar-refractivity contribution >= 4 is 33.3 Å². The lowest BCUT2D eigenvalue weighted by molar-refractivity contribution is -0.390. The third kappa shape index (κ3) is 3.67. The van der Waals surface area contributed by atoms with Crippen LogP contribution in [0.3, 0.4) is 0 Å². The van der Waals surface area contributed by atoms with Crippen molar-refractivity contribution in [1.29, 1.82) is 5.26 Å². The molecule has 0 unspecified atom stereocenters. The van der Waals surface area contributed by atoms with Gasteiger partial charge in [-0.1, -0.05) is 12.1 Å². The number of carbonyl (C=O) groups excluding carboxylic acids is 1. The fourth-order valence-corrected chi connectivity index (χ4v) is 2.20. The minimum absolute atomic E-state index is 0.0744. The second kappa shape index (κ2) is 6.82. The average molecular weight is 364 g/mol. The van der Waals surface area contributed by atoms with Crippen LogP contribution in [0.5, 0.6) is 0 Å². The molecule has 2 aromatic rings. The van der Waals surface area contributed by atoms with Crippen LogP contribution in [0.2, 0.25) is 0 Å². The Labute approximate surface area is 133 Å². The molecule has 22 heavy (non-hydrogen) atoms. The van der Waals surface area contributed by atoms with Gasteiger partial charge in [0.1, 0.15) is 10.5 Å². The van der Waals surface area contributed by atoms with Gasteiger partial charge in [-0.2, -0.15) is 9.94 Å². The van der Waals surface area contributed by atoms with Crippen LogP contribution in [-0.4, -0.2) is 20.6 Å². The summed E-state index contributed by atoms with van der Waals surface area (Å²) in [6.45, 7) is 0.187. The first-order valence-electron chi connectivity index (χ1n) is 6.17. The molecule has 0 saturated carbocycles. The highest BCUT2D eigenvalue weighted by molar-refractivity contribution is 9.10. The molecule has 2 rings (SSSR count). The van der Waals surface area contributed by atoms with Crippen LogP contribution < -0.4 is 5.32 Å². The Morgan fingerprint density at radius 3 is 2.86 bits per heavy atom. The van der Waals surface area contributed by atoms with Gasteiger partial charge in [0.2, 0.25) is 5.91 Å². The summed E-state index contributed by atoms with van der Waals surface area (Å²) >= 11 is 3.04. The van der Waals surface area contributed by atoms with Gasteiger partial charge in [-0.05, 0) is 33.0 Å². The zero-order valence-electron chi connectivity index (χ0n) is 11.2. The van der Waals surface area contributed by atoms with Gasteiger partial charge in [0.25, 0.3) is 0 Å². The van der Waals surface area contributed by atoms with Crippen LogP contribution in [0.25, 0.3) is 0 Å². The number of rotatable bonds is 5. The summed E-state index contributed by atoms with van der Waals surface area (Å²) in [4.78, 5) is 21.9. The number of halogens is 1. The quantitative estimate of drug-likeness (QED) is 0.647. The van der Waals surface area contributed by atoms with E-state index in [0.717, 1.165) is 0 Å². The summed E-state index contributed by atoms with van der Waals surface area (Å²) in [6, 6.07) is 8.63. The number of anilines is 1. The Kier molecular flexibility index (Phi) is 4.85. The predicted molar refractivity (Wildman–Crippen MR) is 81.0 cm³/mol. The van der Waals surface area contributed by atoms with Gasteiger partial charge in [0.05, 0.1) is 29.1 Å². The molecule has 1 aromatic heterocycles. The van der Waals surface area contributed by atoms with Crippen LogP contribution in [0.1, 0.15) is 12.0 Å². The standard InChI is InChI=1S/C13H10BrN5O3/c14-10-8-18(17-13(10)19(21)22)6-5-12(20)16-11-4-2-1-3-9(11)7-15/h1-4,8H,5-6H2,(H,16,20). The van der Waals surface area contributed by atoms with Crippen molar-refractivity contribution in [1.82, 2.24) is 9.78 Å². The first-order valence-corrected chi connectivity index (χ1v) is 6.97. The van der Waals surface area contributed by atoms with Crippen LogP contribution in [0.4, 0.5) is 11.5 Å². The zero-order chi connectivity index (χ0) is 16.1. The zero-order valence-corrected chi connectivity index (χ0v) is 12.8. The van der Waals surface area contributed by atoms with E-state index in [-0.39, 0.29) is 29.2 Å². The first kappa shape index (κ1) is 15.7. The molecule has 0 aliphatic carbocycles. The Morgan fingerprint density at radius 2 is 2.23 bits per heavy atom. The maximum Gasteiger partial charge on any atom is 0.404 e. The molecule has 9 heteroatoms. The molecule has 0 fully saturated rings. The number of aryl methyl sites for hydroxylation is 1. The molecular formula is C13H10BrN5O3. The number of hydrogen-bond acceptors (Lipinski definition) is 5. The summed E-state index contributed by atoms with van der Waals surface area (Å²) in [7, 11) is 0. The van der Waals surface area contributed by atoms with E-state index in [2.05, 4.69) is 26.3 Å². The lowest BCUT2D eigenvalue weighted by Crippen LogP contribution is -2.15. The molecule has 0 spiro atoms. The Morgan fingerprint density at radius 1 is 1.50 bits per heavy atom. The Hall–Kier alpha value is -2.73. The number of nitrogens with one attached hydrogen (secondary N) is 1. The minimum atomic E-state index is -0.607. The van der Waals surface area contributed by atoms with Crippen molar-refractivity contribution in [2.24, 2.45) is 0 Å². The van der Waals surface area contributed by atoms with Gasteiger partial charge < -0.3 is 15.4 Å². The number of amides is 1. The lowest BCUT2D eigenvalue weighted by Gasteiger charge is -2.05. The number of benzene rings is 1. The van der Waals surface area contributed by atoms with Gasteiger partial charge in [0, 0.05) is 6.42 Å². The SMILES string of the molecule is N#Cc1ccccc1NC(=O)CCn1cc(Br)c([N+](=O)[O-])n1. The molecule has 0 aliphatic rings. The second-order valence-corrected chi connectivity index (χ2v) is 5.13. The van der Waals surface area contributed by atoms with E-state index in [1.165, 1.54) is 10.9 Å². The van der Waals surface area contributed by atoms with E-state index < -0.39 is 4.92 Å². The van der Waals surface area contributed by atoms with Gasteiger partial charge in [0.15, 0.2) is 0 Å². The fraction of sp³-hybridized carbons (Fsp3) is 0.154. The molecule has 112 valence electrons. The molecule has 1 amide bonds. The monoisotopic (exact) mass is 363 g/mol. The molecule has 0 atom stereocenters. The topological polar surface area (TPSA) is 114 Å². The van der Waals surface area contributed by atoms with E-state index in [9.17, 15) is 14.9 Å². The Balaban J connectivity index is 1.97. The van der Waals surface area contributed by atoms with Crippen LogP contribution >= 0.6 is 15.9 Å². The highest BCUT2D eigenvalue weighted by Gasteiger charge is 2.18. The van der Waals surface area contributed by atoms with Crippen molar-refractivity contribution in [2.75, 3.05) is 5.32 Å². The number of aromatic nitrogens is 2. The molecule has 1 aromatic carbocycles. The average Bonchev–Trinajstić information content (AvgIpc) is 2.87. The smallest absolute Gasteiger partial charge is 0.358 e. The molecule has 1 N–H and O–H groups in total. The van der Waals surface area contributed by atoms with Gasteiger partial charge in [-0.3, -0.25) is 4.79 Å². The number of nitro groups is 1. The highest BCUT2D eigenvalue weighted by Crippen LogP contribution is 2.22. The third-order valence-corrected chi connectivity index (χ3v) is 3.32. The summed E-state index contributed by atoms with van der Waals surface area (Å²) in [6.07, 6.45) is 1.51. The molecule has 0 aliphatic heterocycles.